The molecule has 0 unspecified atom stereocenters. The van der Waals surface area contributed by atoms with Gasteiger partial charge >= 0.3 is 5.97 Å². The third-order valence-corrected chi connectivity index (χ3v) is 2.01. The van der Waals surface area contributed by atoms with E-state index in [4.69, 9.17) is 9.47 Å². The van der Waals surface area contributed by atoms with Gasteiger partial charge in [-0.2, -0.15) is 0 Å². The minimum atomic E-state index is -0.816. The van der Waals surface area contributed by atoms with E-state index in [1.54, 1.807) is 6.08 Å². The topological polar surface area (TPSA) is 55.8 Å². The normalized spacial score (nSPS) is 23.1. The van der Waals surface area contributed by atoms with Crippen molar-refractivity contribution in [2.75, 3.05) is 7.11 Å². The Labute approximate surface area is 89.2 Å². The summed E-state index contributed by atoms with van der Waals surface area (Å²) >= 11 is 0. The second kappa shape index (κ2) is 4.98. The minimum absolute atomic E-state index is 0.150. The average Bonchev–Trinajstić information content (AvgIpc) is 2.56. The van der Waals surface area contributed by atoms with Crippen molar-refractivity contribution in [2.24, 2.45) is 5.92 Å². The van der Waals surface area contributed by atoms with Crippen molar-refractivity contribution in [3.05, 3.63) is 24.0 Å². The molecule has 4 nitrogen and oxygen atoms in total. The molecular weight excluding hydrogens is 196 g/mol. The molecule has 1 rings (SSSR count). The Morgan fingerprint density at radius 3 is 2.67 bits per heavy atom. The standard InChI is InChI=1S/C11H16O4/c1-7(2)4-5-8(12)9-6-10(14-3)11(13)15-9/h4-9,12H,1-3H3/b5-4+/t8-,9-/m1/s1. The highest BCUT2D eigenvalue weighted by molar-refractivity contribution is 5.88. The van der Waals surface area contributed by atoms with E-state index in [2.05, 4.69) is 0 Å². The van der Waals surface area contributed by atoms with Crippen LogP contribution < -0.4 is 0 Å². The van der Waals surface area contributed by atoms with Crippen LogP contribution in [0, 0.1) is 5.92 Å². The van der Waals surface area contributed by atoms with Crippen LogP contribution in [0.3, 0.4) is 0 Å². The Morgan fingerprint density at radius 2 is 2.20 bits per heavy atom. The molecule has 1 heterocycles. The summed E-state index contributed by atoms with van der Waals surface area (Å²) < 4.78 is 9.68. The first-order valence-electron chi connectivity index (χ1n) is 4.87. The molecule has 0 radical (unpaired) electrons. The quantitative estimate of drug-likeness (QED) is 0.558. The van der Waals surface area contributed by atoms with Crippen molar-refractivity contribution < 1.29 is 19.4 Å². The van der Waals surface area contributed by atoms with Crippen LogP contribution in [0.4, 0.5) is 0 Å². The molecule has 0 aromatic carbocycles. The number of aliphatic hydroxyl groups excluding tert-OH is 1. The van der Waals surface area contributed by atoms with Crippen molar-refractivity contribution in [3.8, 4) is 0 Å². The van der Waals surface area contributed by atoms with E-state index in [0.29, 0.717) is 5.92 Å². The number of aliphatic hydroxyl groups is 1. The maximum Gasteiger partial charge on any atom is 0.374 e. The van der Waals surface area contributed by atoms with Gasteiger partial charge in [-0.3, -0.25) is 0 Å². The van der Waals surface area contributed by atoms with Crippen LogP contribution >= 0.6 is 0 Å². The van der Waals surface area contributed by atoms with E-state index in [1.165, 1.54) is 13.2 Å². The van der Waals surface area contributed by atoms with Gasteiger partial charge < -0.3 is 14.6 Å². The fraction of sp³-hybridized carbons (Fsp3) is 0.545. The largest absolute Gasteiger partial charge is 0.490 e. The smallest absolute Gasteiger partial charge is 0.374 e. The summed E-state index contributed by atoms with van der Waals surface area (Å²) in [5.41, 5.74) is 0. The van der Waals surface area contributed by atoms with Gasteiger partial charge in [0, 0.05) is 6.08 Å². The molecule has 0 aromatic heterocycles. The molecule has 1 N–H and O–H groups in total. The maximum atomic E-state index is 11.1. The van der Waals surface area contributed by atoms with E-state index in [0.717, 1.165) is 0 Å². The Bertz CT molecular complexity index is 291. The SMILES string of the molecule is COC1=C[C@H]([C@H](O)/C=C/C(C)C)OC1=O. The summed E-state index contributed by atoms with van der Waals surface area (Å²) in [7, 11) is 1.39. The maximum absolute atomic E-state index is 11.1. The lowest BCUT2D eigenvalue weighted by molar-refractivity contribution is -0.145. The van der Waals surface area contributed by atoms with Gasteiger partial charge in [-0.1, -0.05) is 26.0 Å². The molecule has 4 heteroatoms. The number of hydrogen-bond acceptors (Lipinski definition) is 4. The van der Waals surface area contributed by atoms with Gasteiger partial charge in [-0.05, 0) is 5.92 Å². The first-order chi connectivity index (χ1) is 7.04. The molecule has 0 aliphatic carbocycles. The molecule has 15 heavy (non-hydrogen) atoms. The van der Waals surface area contributed by atoms with Gasteiger partial charge in [0.15, 0.2) is 6.10 Å². The fourth-order valence-electron chi connectivity index (χ4n) is 1.20. The first-order valence-corrected chi connectivity index (χ1v) is 4.87. The van der Waals surface area contributed by atoms with Crippen molar-refractivity contribution in [1.82, 2.24) is 0 Å². The molecule has 0 amide bonds. The number of ether oxygens (including phenoxy) is 2. The predicted molar refractivity (Wildman–Crippen MR) is 55.0 cm³/mol. The molecule has 0 aromatic rings. The molecule has 0 saturated carbocycles. The summed E-state index contributed by atoms with van der Waals surface area (Å²) in [6.07, 6.45) is 3.51. The molecule has 0 saturated heterocycles. The van der Waals surface area contributed by atoms with Crippen LogP contribution in [0.5, 0.6) is 0 Å². The zero-order valence-electron chi connectivity index (χ0n) is 9.14. The number of cyclic esters (lactones) is 1. The summed E-state index contributed by atoms with van der Waals surface area (Å²) in [5.74, 6) is -0.0286. The van der Waals surface area contributed by atoms with Crippen LogP contribution in [0.1, 0.15) is 13.8 Å². The highest BCUT2D eigenvalue weighted by Crippen LogP contribution is 2.17. The molecule has 1 aliphatic heterocycles. The Hall–Kier alpha value is -1.29. The Kier molecular flexibility index (Phi) is 3.91. The van der Waals surface area contributed by atoms with Crippen LogP contribution in [0.2, 0.25) is 0 Å². The Morgan fingerprint density at radius 1 is 1.53 bits per heavy atom. The number of carbonyl (C=O) groups is 1. The second-order valence-electron chi connectivity index (χ2n) is 3.72. The number of esters is 1. The van der Waals surface area contributed by atoms with Crippen LogP contribution in [0.15, 0.2) is 24.0 Å². The van der Waals surface area contributed by atoms with Crippen molar-refractivity contribution in [2.45, 2.75) is 26.1 Å². The summed E-state index contributed by atoms with van der Waals surface area (Å²) in [6.45, 7) is 4.00. The highest BCUT2D eigenvalue weighted by Gasteiger charge is 2.30. The zero-order chi connectivity index (χ0) is 11.4. The minimum Gasteiger partial charge on any atom is -0.490 e. The van der Waals surface area contributed by atoms with Crippen molar-refractivity contribution in [1.29, 1.82) is 0 Å². The summed E-state index contributed by atoms with van der Waals surface area (Å²) in [4.78, 5) is 11.1. The predicted octanol–water partition coefficient (Wildman–Crippen LogP) is 1.02. The number of rotatable bonds is 4. The van der Waals surface area contributed by atoms with Gasteiger partial charge in [-0.15, -0.1) is 0 Å². The number of allylic oxidation sites excluding steroid dienone is 1. The van der Waals surface area contributed by atoms with Gasteiger partial charge in [0.1, 0.15) is 6.10 Å². The molecule has 2 atom stereocenters. The van der Waals surface area contributed by atoms with Gasteiger partial charge in [0.2, 0.25) is 5.76 Å². The molecule has 0 spiro atoms. The van der Waals surface area contributed by atoms with Gasteiger partial charge in [0.05, 0.1) is 7.11 Å². The Balaban J connectivity index is 2.60. The third kappa shape index (κ3) is 3.09. The van der Waals surface area contributed by atoms with E-state index in [1.807, 2.05) is 19.9 Å². The van der Waals surface area contributed by atoms with Crippen molar-refractivity contribution in [3.63, 3.8) is 0 Å². The lowest BCUT2D eigenvalue weighted by atomic mass is 10.1. The van der Waals surface area contributed by atoms with Crippen molar-refractivity contribution >= 4 is 5.97 Å². The monoisotopic (exact) mass is 212 g/mol. The van der Waals surface area contributed by atoms with Crippen LogP contribution in [-0.4, -0.2) is 30.4 Å². The molecule has 84 valence electrons. The number of carbonyl (C=O) groups excluding carboxylic acids is 1. The summed E-state index contributed by atoms with van der Waals surface area (Å²) in [5, 5.41) is 9.66. The zero-order valence-corrected chi connectivity index (χ0v) is 9.14. The molecular formula is C11H16O4. The van der Waals surface area contributed by atoms with E-state index in [-0.39, 0.29) is 5.76 Å². The highest BCUT2D eigenvalue weighted by atomic mass is 16.6. The number of hydrogen-bond donors (Lipinski definition) is 1. The van der Waals surface area contributed by atoms with Crippen LogP contribution in [-0.2, 0) is 14.3 Å². The van der Waals surface area contributed by atoms with E-state index in [9.17, 15) is 9.90 Å². The van der Waals surface area contributed by atoms with E-state index >= 15 is 0 Å². The van der Waals surface area contributed by atoms with Gasteiger partial charge in [0.25, 0.3) is 0 Å². The number of methoxy groups -OCH3 is 1. The summed E-state index contributed by atoms with van der Waals surface area (Å²) in [6, 6.07) is 0. The molecule has 0 fully saturated rings. The lowest BCUT2D eigenvalue weighted by Gasteiger charge is -2.11. The second-order valence-corrected chi connectivity index (χ2v) is 3.72. The lowest BCUT2D eigenvalue weighted by Crippen LogP contribution is -2.23. The van der Waals surface area contributed by atoms with Crippen LogP contribution in [0.25, 0.3) is 0 Å². The molecule has 0 bridgehead atoms. The van der Waals surface area contributed by atoms with E-state index < -0.39 is 18.2 Å². The third-order valence-electron chi connectivity index (χ3n) is 2.01. The van der Waals surface area contributed by atoms with Gasteiger partial charge in [-0.25, -0.2) is 4.79 Å². The average molecular weight is 212 g/mol. The molecule has 1 aliphatic rings. The first kappa shape index (κ1) is 11.8. The fourth-order valence-corrected chi connectivity index (χ4v) is 1.20.